The van der Waals surface area contributed by atoms with E-state index in [4.69, 9.17) is 23.4 Å². The molecule has 4 aliphatic rings. The van der Waals surface area contributed by atoms with Crippen LogP contribution in [0, 0.1) is 0 Å². The van der Waals surface area contributed by atoms with Crippen LogP contribution < -0.4 is 29.6 Å². The van der Waals surface area contributed by atoms with Crippen LogP contribution in [0.5, 0.6) is 23.0 Å². The Bertz CT molecular complexity index is 2150. The van der Waals surface area contributed by atoms with Gasteiger partial charge in [-0.1, -0.05) is 0 Å². The highest BCUT2D eigenvalue weighted by molar-refractivity contribution is 6.03. The molecule has 0 bridgehead atoms. The van der Waals surface area contributed by atoms with Crippen LogP contribution in [0.4, 0.5) is 11.4 Å². The molecule has 4 aliphatic heterocycles. The van der Waals surface area contributed by atoms with Gasteiger partial charge in [-0.3, -0.25) is 19.2 Å². The average molecular weight is 742 g/mol. The number of hydrogen-bond acceptors (Lipinski definition) is 10. The second kappa shape index (κ2) is 14.2. The number of likely N-dealkylation sites (tertiary alicyclic amines) is 2. The van der Waals surface area contributed by atoms with E-state index in [-0.39, 0.29) is 37.2 Å². The summed E-state index contributed by atoms with van der Waals surface area (Å²) in [5.41, 5.74) is 3.54. The normalized spacial score (nSPS) is 18.0. The smallest absolute Gasteiger partial charge is 0.254 e. The first kappa shape index (κ1) is 34.0. The first-order valence-electron chi connectivity index (χ1n) is 18.1. The van der Waals surface area contributed by atoms with Crippen molar-refractivity contribution in [2.75, 3.05) is 37.3 Å². The molecular weight excluding hydrogens is 706 g/mol. The van der Waals surface area contributed by atoms with Gasteiger partial charge in [-0.2, -0.15) is 0 Å². The van der Waals surface area contributed by atoms with E-state index in [0.717, 1.165) is 18.4 Å². The lowest BCUT2D eigenvalue weighted by Gasteiger charge is -2.24. The zero-order valence-electron chi connectivity index (χ0n) is 29.5. The number of fused-ring (bicyclic) bond motifs is 2. The summed E-state index contributed by atoms with van der Waals surface area (Å²) in [6.07, 6.45) is 4.21. The molecule has 2 N–H and O–H groups in total. The number of hydrogen-bond donors (Lipinski definition) is 2. The molecule has 2 fully saturated rings. The van der Waals surface area contributed by atoms with Crippen LogP contribution in [0.2, 0.25) is 0 Å². The van der Waals surface area contributed by atoms with E-state index >= 15 is 0 Å². The van der Waals surface area contributed by atoms with Crippen LogP contribution in [0.3, 0.4) is 0 Å². The number of nitrogens with one attached hydrogen (secondary N) is 2. The summed E-state index contributed by atoms with van der Waals surface area (Å²) in [5, 5.41) is 5.89. The summed E-state index contributed by atoms with van der Waals surface area (Å²) in [6.45, 7) is 1.21. The third-order valence-corrected chi connectivity index (χ3v) is 10.2. The van der Waals surface area contributed by atoms with Crippen LogP contribution in [0.25, 0.3) is 22.8 Å². The van der Waals surface area contributed by atoms with Gasteiger partial charge in [-0.15, -0.1) is 0 Å². The summed E-state index contributed by atoms with van der Waals surface area (Å²) < 4.78 is 27.6. The van der Waals surface area contributed by atoms with Gasteiger partial charge >= 0.3 is 0 Å². The summed E-state index contributed by atoms with van der Waals surface area (Å²) in [4.78, 5) is 60.9. The van der Waals surface area contributed by atoms with Gasteiger partial charge in [0.05, 0.1) is 6.20 Å². The predicted molar refractivity (Wildman–Crippen MR) is 198 cm³/mol. The van der Waals surface area contributed by atoms with Gasteiger partial charge in [0.25, 0.3) is 11.8 Å². The van der Waals surface area contributed by atoms with Crippen LogP contribution in [0.15, 0.2) is 95.5 Å². The molecule has 5 aromatic rings. The number of benzene rings is 4. The van der Waals surface area contributed by atoms with E-state index in [2.05, 4.69) is 15.6 Å². The summed E-state index contributed by atoms with van der Waals surface area (Å²) in [5.74, 6) is 2.20. The van der Waals surface area contributed by atoms with E-state index in [9.17, 15) is 19.2 Å². The Hall–Kier alpha value is -6.83. The second-order valence-corrected chi connectivity index (χ2v) is 13.6. The second-order valence-electron chi connectivity index (χ2n) is 13.6. The summed E-state index contributed by atoms with van der Waals surface area (Å²) in [6, 6.07) is 23.2. The quantitative estimate of drug-likeness (QED) is 0.194. The van der Waals surface area contributed by atoms with Gasteiger partial charge in [-0.05, 0) is 111 Å². The minimum Gasteiger partial charge on any atom is -0.454 e. The lowest BCUT2D eigenvalue weighted by molar-refractivity contribution is -0.120. The molecule has 4 aromatic carbocycles. The summed E-state index contributed by atoms with van der Waals surface area (Å²) >= 11 is 0. The number of aromatic nitrogens is 1. The standard InChI is InChI=1S/C41H35N5O9/c47-37(30-3-1-17-45(30)40(49)26-9-15-32-34(19-26)53-22-51-32)43-28-11-5-24(6-12-28)36-21-42-39(55-36)25-7-13-29(14-8-25)44-38(48)31-4-2-18-46(31)41(50)27-10-16-33-35(20-27)54-23-52-33/h5-16,19-21,30-31H,1-4,17-18,22-23H2,(H,43,47)(H,44,48)/t30-,31-/m0/s1. The Morgan fingerprint density at radius 3 is 1.56 bits per heavy atom. The number of carbonyl (C=O) groups is 4. The molecule has 0 aliphatic carbocycles. The van der Waals surface area contributed by atoms with Crippen LogP contribution in [-0.2, 0) is 9.59 Å². The number of carbonyl (C=O) groups excluding carboxylic acids is 4. The van der Waals surface area contributed by atoms with Crippen molar-refractivity contribution in [3.05, 3.63) is 102 Å². The third kappa shape index (κ3) is 6.66. The van der Waals surface area contributed by atoms with Gasteiger partial charge in [0, 0.05) is 46.7 Å². The Balaban J connectivity index is 0.801. The molecule has 14 nitrogen and oxygen atoms in total. The molecular formula is C41H35N5O9. The van der Waals surface area contributed by atoms with Crippen molar-refractivity contribution in [3.63, 3.8) is 0 Å². The monoisotopic (exact) mass is 741 g/mol. The molecule has 55 heavy (non-hydrogen) atoms. The Morgan fingerprint density at radius 1 is 0.582 bits per heavy atom. The number of anilines is 2. The van der Waals surface area contributed by atoms with Crippen LogP contribution >= 0.6 is 0 Å². The van der Waals surface area contributed by atoms with Crippen LogP contribution in [0.1, 0.15) is 46.4 Å². The molecule has 0 spiro atoms. The first-order valence-corrected chi connectivity index (χ1v) is 18.1. The molecule has 0 saturated carbocycles. The molecule has 4 amide bonds. The van der Waals surface area contributed by atoms with Gasteiger partial charge < -0.3 is 43.8 Å². The van der Waals surface area contributed by atoms with Gasteiger partial charge in [0.2, 0.25) is 31.3 Å². The van der Waals surface area contributed by atoms with E-state index in [1.165, 1.54) is 0 Å². The van der Waals surface area contributed by atoms with Gasteiger partial charge in [-0.25, -0.2) is 4.98 Å². The van der Waals surface area contributed by atoms with E-state index in [1.54, 1.807) is 88.8 Å². The minimum atomic E-state index is -0.597. The van der Waals surface area contributed by atoms with E-state index in [1.807, 2.05) is 12.1 Å². The Morgan fingerprint density at radius 2 is 1.05 bits per heavy atom. The molecule has 2 saturated heterocycles. The lowest BCUT2D eigenvalue weighted by atomic mass is 10.1. The zero-order valence-corrected chi connectivity index (χ0v) is 29.5. The van der Waals surface area contributed by atoms with Crippen molar-refractivity contribution in [2.45, 2.75) is 37.8 Å². The number of nitrogens with zero attached hydrogens (tertiary/aromatic N) is 3. The lowest BCUT2D eigenvalue weighted by Crippen LogP contribution is -2.43. The SMILES string of the molecule is O=C(Nc1ccc(-c2cnc(-c3ccc(NC(=O)[C@@H]4CCCN4C(=O)c4ccc5c(c4)OCO5)cc3)o2)cc1)[C@@H]1CCCN1C(=O)c1ccc2c(c1)OCO2. The maximum absolute atomic E-state index is 13.3. The maximum atomic E-state index is 13.3. The Labute approximate surface area is 314 Å². The minimum absolute atomic E-state index is 0.117. The molecule has 9 rings (SSSR count). The fourth-order valence-electron chi connectivity index (χ4n) is 7.36. The molecule has 278 valence electrons. The van der Waals surface area contributed by atoms with E-state index < -0.39 is 12.1 Å². The number of oxazole rings is 1. The molecule has 2 atom stereocenters. The van der Waals surface area contributed by atoms with Crippen molar-refractivity contribution in [1.29, 1.82) is 0 Å². The number of rotatable bonds is 8. The highest BCUT2D eigenvalue weighted by Gasteiger charge is 2.36. The van der Waals surface area contributed by atoms with Gasteiger partial charge in [0.15, 0.2) is 28.8 Å². The molecule has 14 heteroatoms. The summed E-state index contributed by atoms with van der Waals surface area (Å²) in [7, 11) is 0. The Kier molecular flexibility index (Phi) is 8.77. The molecule has 1 aromatic heterocycles. The van der Waals surface area contributed by atoms with Crippen molar-refractivity contribution < 1.29 is 42.5 Å². The molecule has 5 heterocycles. The van der Waals surface area contributed by atoms with E-state index in [0.29, 0.717) is 88.6 Å². The van der Waals surface area contributed by atoms with Crippen molar-refractivity contribution >= 4 is 35.0 Å². The highest BCUT2D eigenvalue weighted by atomic mass is 16.7. The highest BCUT2D eigenvalue weighted by Crippen LogP contribution is 2.35. The third-order valence-electron chi connectivity index (χ3n) is 10.2. The van der Waals surface area contributed by atoms with Gasteiger partial charge in [0.1, 0.15) is 12.1 Å². The fourth-order valence-corrected chi connectivity index (χ4v) is 7.36. The number of amides is 4. The topological polar surface area (TPSA) is 162 Å². The van der Waals surface area contributed by atoms with Crippen LogP contribution in [-0.4, -0.2) is 77.2 Å². The van der Waals surface area contributed by atoms with Crippen molar-refractivity contribution in [2.24, 2.45) is 0 Å². The first-order chi connectivity index (χ1) is 26.9. The predicted octanol–water partition coefficient (Wildman–Crippen LogP) is 5.95. The zero-order chi connectivity index (χ0) is 37.5. The largest absolute Gasteiger partial charge is 0.454 e. The van der Waals surface area contributed by atoms with Crippen molar-refractivity contribution in [1.82, 2.24) is 14.8 Å². The number of ether oxygens (including phenoxy) is 4. The molecule has 0 unspecified atom stereocenters. The molecule has 0 radical (unpaired) electrons. The average Bonchev–Trinajstić information content (AvgIpc) is 4.07. The maximum Gasteiger partial charge on any atom is 0.254 e. The fraction of sp³-hybridized carbons (Fsp3) is 0.244. The van der Waals surface area contributed by atoms with Crippen molar-refractivity contribution in [3.8, 4) is 45.8 Å².